The molecule has 0 bridgehead atoms. The molecule has 0 saturated heterocycles. The molecular weight excluding hydrogens is 234 g/mol. The molecule has 0 aliphatic carbocycles. The van der Waals surface area contributed by atoms with Gasteiger partial charge in [-0.1, -0.05) is 0 Å². The average molecular weight is 249 g/mol. The summed E-state index contributed by atoms with van der Waals surface area (Å²) >= 11 is 0. The summed E-state index contributed by atoms with van der Waals surface area (Å²) in [5.41, 5.74) is 1.92. The second-order valence-corrected chi connectivity index (χ2v) is 3.88. The molecule has 0 spiro atoms. The second kappa shape index (κ2) is 5.01. The summed E-state index contributed by atoms with van der Waals surface area (Å²) in [6, 6.07) is 1.64. The van der Waals surface area contributed by atoms with Gasteiger partial charge in [0.25, 0.3) is 5.91 Å². The Morgan fingerprint density at radius 1 is 1.56 bits per heavy atom. The molecule has 0 aliphatic rings. The van der Waals surface area contributed by atoms with Crippen LogP contribution in [0.2, 0.25) is 0 Å². The number of aromatic nitrogens is 4. The molecule has 7 heteroatoms. The van der Waals surface area contributed by atoms with Crippen LogP contribution in [-0.2, 0) is 18.5 Å². The Balaban J connectivity index is 2.09. The van der Waals surface area contributed by atoms with Crippen molar-refractivity contribution < 1.29 is 9.53 Å². The number of carbonyl (C=O) groups is 1. The van der Waals surface area contributed by atoms with E-state index in [1.807, 2.05) is 14.0 Å². The molecule has 96 valence electrons. The van der Waals surface area contributed by atoms with E-state index in [1.165, 1.54) is 0 Å². The summed E-state index contributed by atoms with van der Waals surface area (Å²) in [6.45, 7) is 2.20. The van der Waals surface area contributed by atoms with Gasteiger partial charge in [0.2, 0.25) is 0 Å². The lowest BCUT2D eigenvalue weighted by Gasteiger charge is -2.02. The highest BCUT2D eigenvalue weighted by Gasteiger charge is 2.12. The first-order valence-electron chi connectivity index (χ1n) is 5.44. The van der Waals surface area contributed by atoms with Crippen molar-refractivity contribution in [3.63, 3.8) is 0 Å². The van der Waals surface area contributed by atoms with Crippen molar-refractivity contribution in [2.24, 2.45) is 7.05 Å². The van der Waals surface area contributed by atoms with Crippen molar-refractivity contribution in [3.8, 4) is 0 Å². The number of aryl methyl sites for hydroxylation is 1. The molecule has 2 aromatic heterocycles. The normalized spacial score (nSPS) is 10.6. The fraction of sp³-hybridized carbons (Fsp3) is 0.364. The number of anilines is 1. The van der Waals surface area contributed by atoms with Crippen molar-refractivity contribution in [2.45, 2.75) is 13.7 Å². The lowest BCUT2D eigenvalue weighted by Crippen LogP contribution is -2.14. The molecule has 0 aromatic carbocycles. The minimum atomic E-state index is -0.263. The monoisotopic (exact) mass is 249 g/mol. The summed E-state index contributed by atoms with van der Waals surface area (Å²) in [7, 11) is 3.39. The molecule has 2 aromatic rings. The van der Waals surface area contributed by atoms with Crippen LogP contribution in [0.15, 0.2) is 18.5 Å². The molecule has 0 fully saturated rings. The fourth-order valence-corrected chi connectivity index (χ4v) is 1.49. The van der Waals surface area contributed by atoms with E-state index in [9.17, 15) is 4.79 Å². The van der Waals surface area contributed by atoms with E-state index >= 15 is 0 Å². The van der Waals surface area contributed by atoms with Crippen molar-refractivity contribution in [2.75, 3.05) is 12.4 Å². The van der Waals surface area contributed by atoms with Gasteiger partial charge >= 0.3 is 0 Å². The molecule has 0 saturated carbocycles. The van der Waals surface area contributed by atoms with Gasteiger partial charge in [-0.15, -0.1) is 0 Å². The predicted molar refractivity (Wildman–Crippen MR) is 65.1 cm³/mol. The first-order chi connectivity index (χ1) is 8.61. The molecular formula is C11H15N5O2. The maximum Gasteiger partial charge on any atom is 0.276 e. The zero-order valence-electron chi connectivity index (χ0n) is 10.5. The minimum Gasteiger partial charge on any atom is -0.362 e. The zero-order chi connectivity index (χ0) is 13.1. The third-order valence-electron chi connectivity index (χ3n) is 2.62. The van der Waals surface area contributed by atoms with Crippen LogP contribution >= 0.6 is 0 Å². The Morgan fingerprint density at radius 2 is 2.33 bits per heavy atom. The number of methoxy groups -OCH3 is 1. The Kier molecular flexibility index (Phi) is 3.42. The number of nitrogens with zero attached hydrogens (tertiary/aromatic N) is 4. The average Bonchev–Trinajstić information content (AvgIpc) is 2.92. The Bertz CT molecular complexity index is 558. The predicted octanol–water partition coefficient (Wildman–Crippen LogP) is 0.781. The zero-order valence-corrected chi connectivity index (χ0v) is 10.5. The molecule has 7 nitrogen and oxygen atoms in total. The van der Waals surface area contributed by atoms with E-state index in [0.29, 0.717) is 18.1 Å². The van der Waals surface area contributed by atoms with Gasteiger partial charge in [-0.3, -0.25) is 9.48 Å². The maximum absolute atomic E-state index is 11.9. The summed E-state index contributed by atoms with van der Waals surface area (Å²) in [4.78, 5) is 11.9. The van der Waals surface area contributed by atoms with Crippen LogP contribution in [0.5, 0.6) is 0 Å². The van der Waals surface area contributed by atoms with Gasteiger partial charge in [0, 0.05) is 20.4 Å². The van der Waals surface area contributed by atoms with Crippen LogP contribution in [0, 0.1) is 6.92 Å². The molecule has 0 aliphatic heterocycles. The van der Waals surface area contributed by atoms with Crippen LogP contribution in [-0.4, -0.2) is 32.6 Å². The third kappa shape index (κ3) is 2.40. The van der Waals surface area contributed by atoms with Crippen molar-refractivity contribution in [3.05, 3.63) is 29.8 Å². The highest BCUT2D eigenvalue weighted by molar-refractivity contribution is 6.03. The van der Waals surface area contributed by atoms with Gasteiger partial charge < -0.3 is 10.1 Å². The van der Waals surface area contributed by atoms with Crippen LogP contribution in [0.1, 0.15) is 16.2 Å². The molecule has 0 unspecified atom stereocenters. The van der Waals surface area contributed by atoms with Gasteiger partial charge in [0.05, 0.1) is 17.6 Å². The van der Waals surface area contributed by atoms with E-state index in [4.69, 9.17) is 4.74 Å². The van der Waals surface area contributed by atoms with Crippen LogP contribution in [0.3, 0.4) is 0 Å². The summed E-state index contributed by atoms with van der Waals surface area (Å²) in [5.74, 6) is -0.263. The quantitative estimate of drug-likeness (QED) is 0.869. The summed E-state index contributed by atoms with van der Waals surface area (Å²) in [6.07, 6.45) is 3.30. The van der Waals surface area contributed by atoms with E-state index in [-0.39, 0.29) is 5.91 Å². The number of ether oxygens (including phenoxy) is 1. The number of hydrogen-bond acceptors (Lipinski definition) is 4. The lowest BCUT2D eigenvalue weighted by atomic mass is 10.3. The number of carbonyl (C=O) groups excluding carboxylic acids is 1. The first kappa shape index (κ1) is 12.3. The van der Waals surface area contributed by atoms with Gasteiger partial charge in [0.15, 0.2) is 5.69 Å². The van der Waals surface area contributed by atoms with E-state index in [0.717, 1.165) is 5.69 Å². The van der Waals surface area contributed by atoms with Gasteiger partial charge in [-0.05, 0) is 13.0 Å². The SMILES string of the molecule is COCn1ccc(C(=O)Nc2cnn(C)c2C)n1. The van der Waals surface area contributed by atoms with Gasteiger partial charge in [-0.25, -0.2) is 4.68 Å². The summed E-state index contributed by atoms with van der Waals surface area (Å²) in [5, 5.41) is 10.9. The summed E-state index contributed by atoms with van der Waals surface area (Å²) < 4.78 is 8.16. The largest absolute Gasteiger partial charge is 0.362 e. The molecule has 2 heterocycles. The Hall–Kier alpha value is -2.15. The lowest BCUT2D eigenvalue weighted by molar-refractivity contribution is 0.101. The van der Waals surface area contributed by atoms with Crippen LogP contribution in [0.25, 0.3) is 0 Å². The van der Waals surface area contributed by atoms with Gasteiger partial charge in [0.1, 0.15) is 6.73 Å². The topological polar surface area (TPSA) is 74.0 Å². The highest BCUT2D eigenvalue weighted by Crippen LogP contribution is 2.13. The van der Waals surface area contributed by atoms with Crippen molar-refractivity contribution in [1.29, 1.82) is 0 Å². The molecule has 1 N–H and O–H groups in total. The molecule has 1 amide bonds. The Labute approximate surface area is 104 Å². The molecule has 2 rings (SSSR count). The van der Waals surface area contributed by atoms with Crippen molar-refractivity contribution in [1.82, 2.24) is 19.6 Å². The Morgan fingerprint density at radius 3 is 2.94 bits per heavy atom. The van der Waals surface area contributed by atoms with E-state index < -0.39 is 0 Å². The molecule has 0 radical (unpaired) electrons. The minimum absolute atomic E-state index is 0.263. The van der Waals surface area contributed by atoms with E-state index in [2.05, 4.69) is 15.5 Å². The maximum atomic E-state index is 11.9. The fourth-order valence-electron chi connectivity index (χ4n) is 1.49. The van der Waals surface area contributed by atoms with Crippen molar-refractivity contribution >= 4 is 11.6 Å². The highest BCUT2D eigenvalue weighted by atomic mass is 16.5. The number of amides is 1. The smallest absolute Gasteiger partial charge is 0.276 e. The standard InChI is InChI=1S/C11H15N5O2/c1-8-10(6-12-15(8)2)13-11(17)9-4-5-16(14-9)7-18-3/h4-6H,7H2,1-3H3,(H,13,17). The van der Waals surface area contributed by atoms with Crippen LogP contribution in [0.4, 0.5) is 5.69 Å². The van der Waals surface area contributed by atoms with Gasteiger partial charge in [-0.2, -0.15) is 10.2 Å². The van der Waals surface area contributed by atoms with E-state index in [1.54, 1.807) is 34.9 Å². The first-order valence-corrected chi connectivity index (χ1v) is 5.44. The number of hydrogen-bond donors (Lipinski definition) is 1. The second-order valence-electron chi connectivity index (χ2n) is 3.88. The third-order valence-corrected chi connectivity index (χ3v) is 2.62. The molecule has 0 atom stereocenters. The molecule has 18 heavy (non-hydrogen) atoms. The van der Waals surface area contributed by atoms with Crippen LogP contribution < -0.4 is 5.32 Å². The number of nitrogens with one attached hydrogen (secondary N) is 1. The number of rotatable bonds is 4.